The van der Waals surface area contributed by atoms with Crippen molar-refractivity contribution in [1.29, 1.82) is 0 Å². The summed E-state index contributed by atoms with van der Waals surface area (Å²) in [7, 11) is 1.72. The third-order valence-corrected chi connectivity index (χ3v) is 8.62. The zero-order valence-electron chi connectivity index (χ0n) is 28.1. The highest BCUT2D eigenvalue weighted by Gasteiger charge is 2.32. The number of piperazine rings is 1. The van der Waals surface area contributed by atoms with Gasteiger partial charge >= 0.3 is 6.18 Å². The Morgan fingerprint density at radius 2 is 1.78 bits per heavy atom. The number of aromatic nitrogens is 8. The van der Waals surface area contributed by atoms with Gasteiger partial charge in [-0.2, -0.15) is 32.9 Å². The standard InChI is InChI=1S/C32H35ClF3N11O4/c1-5-24-26(43-8-10-44(11-9-43)28(49)20-14-37-42(4)15-20)29(50)47-30(40-27(41-47)19-13-38-45(16-19)18-31(2,3)51)46(24)17-25(48)39-23-7-6-21(12-22(23)33)32(34,35)36/h6-7,12-16,51H,5,8-11,17-18H2,1-4H3,(H,39,48). The van der Waals surface area contributed by atoms with E-state index >= 15 is 0 Å². The number of nitrogens with zero attached hydrogens (tertiary/aromatic N) is 10. The highest BCUT2D eigenvalue weighted by Crippen LogP contribution is 2.34. The minimum absolute atomic E-state index is 0.0270. The number of aliphatic hydroxyl groups is 1. The lowest BCUT2D eigenvalue weighted by Crippen LogP contribution is -2.50. The fraction of sp³-hybridized carbons (Fsp3) is 0.406. The Kier molecular flexibility index (Phi) is 9.41. The van der Waals surface area contributed by atoms with Crippen LogP contribution in [-0.4, -0.2) is 92.3 Å². The van der Waals surface area contributed by atoms with E-state index in [4.69, 9.17) is 11.6 Å². The second-order valence-electron chi connectivity index (χ2n) is 12.8. The molecule has 1 saturated heterocycles. The maximum atomic E-state index is 14.2. The van der Waals surface area contributed by atoms with Crippen molar-refractivity contribution < 1.29 is 27.9 Å². The number of amides is 2. The van der Waals surface area contributed by atoms with Crippen LogP contribution in [0.4, 0.5) is 24.5 Å². The summed E-state index contributed by atoms with van der Waals surface area (Å²) in [5, 5.41) is 25.4. The lowest BCUT2D eigenvalue weighted by Gasteiger charge is -2.36. The van der Waals surface area contributed by atoms with Crippen LogP contribution in [0.1, 0.15) is 42.4 Å². The predicted octanol–water partition coefficient (Wildman–Crippen LogP) is 3.09. The monoisotopic (exact) mass is 729 g/mol. The maximum Gasteiger partial charge on any atom is 0.416 e. The minimum Gasteiger partial charge on any atom is -0.389 e. The van der Waals surface area contributed by atoms with Crippen molar-refractivity contribution in [3.05, 3.63) is 75.2 Å². The van der Waals surface area contributed by atoms with Gasteiger partial charge in [0.25, 0.3) is 11.5 Å². The van der Waals surface area contributed by atoms with Crippen molar-refractivity contribution >= 4 is 40.6 Å². The van der Waals surface area contributed by atoms with E-state index in [0.717, 1.165) is 22.7 Å². The molecular formula is C32H35ClF3N11O4. The molecule has 15 nitrogen and oxygen atoms in total. The molecule has 5 aromatic rings. The number of alkyl halides is 3. The predicted molar refractivity (Wildman–Crippen MR) is 181 cm³/mol. The average Bonchev–Trinajstić information content (AvgIpc) is 3.82. The molecule has 51 heavy (non-hydrogen) atoms. The number of fused-ring (bicyclic) bond motifs is 1. The van der Waals surface area contributed by atoms with Crippen molar-refractivity contribution in [2.75, 3.05) is 36.4 Å². The highest BCUT2D eigenvalue weighted by atomic mass is 35.5. The van der Waals surface area contributed by atoms with Gasteiger partial charge in [-0.05, 0) is 38.5 Å². The molecule has 0 spiro atoms. The number of nitrogens with one attached hydrogen (secondary N) is 1. The van der Waals surface area contributed by atoms with Gasteiger partial charge in [-0.1, -0.05) is 18.5 Å². The quantitative estimate of drug-likeness (QED) is 0.232. The van der Waals surface area contributed by atoms with E-state index in [9.17, 15) is 32.7 Å². The molecule has 19 heteroatoms. The topological polar surface area (TPSA) is 161 Å². The summed E-state index contributed by atoms with van der Waals surface area (Å²) in [5.74, 6) is -0.640. The molecule has 1 fully saturated rings. The van der Waals surface area contributed by atoms with Crippen LogP contribution in [0.25, 0.3) is 17.2 Å². The fourth-order valence-electron chi connectivity index (χ4n) is 5.99. The summed E-state index contributed by atoms with van der Waals surface area (Å²) in [6.07, 6.45) is 1.92. The number of hydrogen-bond donors (Lipinski definition) is 2. The zero-order valence-corrected chi connectivity index (χ0v) is 28.9. The molecule has 270 valence electrons. The van der Waals surface area contributed by atoms with E-state index in [0.29, 0.717) is 43.0 Å². The molecule has 0 atom stereocenters. The first-order chi connectivity index (χ1) is 24.0. The number of hydrogen-bond acceptors (Lipinski definition) is 9. The molecule has 6 rings (SSSR count). The van der Waals surface area contributed by atoms with Crippen LogP contribution in [0.5, 0.6) is 0 Å². The van der Waals surface area contributed by atoms with Crippen LogP contribution in [0.15, 0.2) is 47.8 Å². The Labute approximate surface area is 293 Å². The molecule has 0 unspecified atom stereocenters. The Morgan fingerprint density at radius 1 is 1.06 bits per heavy atom. The van der Waals surface area contributed by atoms with Gasteiger partial charge in [-0.3, -0.25) is 23.7 Å². The van der Waals surface area contributed by atoms with Gasteiger partial charge in [0.15, 0.2) is 5.82 Å². The molecular weight excluding hydrogens is 695 g/mol. The smallest absolute Gasteiger partial charge is 0.389 e. The molecule has 1 aliphatic rings. The third kappa shape index (κ3) is 7.46. The first-order valence-corrected chi connectivity index (χ1v) is 16.4. The number of aryl methyl sites for hydroxylation is 1. The molecule has 0 aliphatic carbocycles. The molecule has 0 bridgehead atoms. The fourth-order valence-corrected chi connectivity index (χ4v) is 6.21. The normalized spacial score (nSPS) is 14.1. The number of rotatable bonds is 9. The average molecular weight is 730 g/mol. The van der Waals surface area contributed by atoms with Crippen LogP contribution >= 0.6 is 11.6 Å². The number of carbonyl (C=O) groups is 2. The van der Waals surface area contributed by atoms with Crippen LogP contribution in [-0.2, 0) is 37.5 Å². The van der Waals surface area contributed by atoms with Gasteiger partial charge in [0.2, 0.25) is 11.7 Å². The highest BCUT2D eigenvalue weighted by molar-refractivity contribution is 6.33. The first kappa shape index (κ1) is 35.6. The van der Waals surface area contributed by atoms with E-state index in [1.54, 1.807) is 42.9 Å². The summed E-state index contributed by atoms with van der Waals surface area (Å²) in [6, 6.07) is 2.62. The summed E-state index contributed by atoms with van der Waals surface area (Å²) < 4.78 is 45.3. The maximum absolute atomic E-state index is 14.2. The summed E-state index contributed by atoms with van der Waals surface area (Å²) in [4.78, 5) is 49.0. The Bertz CT molecular complexity index is 2170. The number of halogens is 4. The summed E-state index contributed by atoms with van der Waals surface area (Å²) in [5.41, 5.74) is -0.893. The van der Waals surface area contributed by atoms with Gasteiger partial charge in [-0.15, -0.1) is 5.10 Å². The Hall–Kier alpha value is -5.23. The minimum atomic E-state index is -4.62. The molecule has 0 radical (unpaired) electrons. The molecule has 0 saturated carbocycles. The van der Waals surface area contributed by atoms with Crippen molar-refractivity contribution in [3.63, 3.8) is 0 Å². The van der Waals surface area contributed by atoms with E-state index < -0.39 is 35.4 Å². The van der Waals surface area contributed by atoms with Gasteiger partial charge in [-0.25, -0.2) is 0 Å². The van der Waals surface area contributed by atoms with Crippen LogP contribution in [0, 0.1) is 0 Å². The van der Waals surface area contributed by atoms with Crippen LogP contribution < -0.4 is 15.8 Å². The summed E-state index contributed by atoms with van der Waals surface area (Å²) in [6.45, 7) is 6.10. The largest absolute Gasteiger partial charge is 0.416 e. The van der Waals surface area contributed by atoms with Crippen LogP contribution in [0.3, 0.4) is 0 Å². The van der Waals surface area contributed by atoms with Crippen LogP contribution in [0.2, 0.25) is 5.02 Å². The van der Waals surface area contributed by atoms with E-state index in [-0.39, 0.29) is 46.9 Å². The lowest BCUT2D eigenvalue weighted by molar-refractivity contribution is -0.137. The Morgan fingerprint density at radius 3 is 2.39 bits per heavy atom. The zero-order chi connectivity index (χ0) is 36.8. The lowest BCUT2D eigenvalue weighted by atomic mass is 10.1. The molecule has 2 amide bonds. The van der Waals surface area contributed by atoms with Gasteiger partial charge in [0.1, 0.15) is 12.2 Å². The van der Waals surface area contributed by atoms with Crippen molar-refractivity contribution in [1.82, 2.24) is 43.6 Å². The number of benzene rings is 1. The van der Waals surface area contributed by atoms with E-state index in [1.165, 1.54) is 21.6 Å². The third-order valence-electron chi connectivity index (χ3n) is 8.31. The van der Waals surface area contributed by atoms with Crippen molar-refractivity contribution in [2.24, 2.45) is 7.05 Å². The van der Waals surface area contributed by atoms with E-state index in [2.05, 4.69) is 25.6 Å². The van der Waals surface area contributed by atoms with Crippen molar-refractivity contribution in [2.45, 2.75) is 52.1 Å². The number of anilines is 2. The SMILES string of the molecule is CCc1c(N2CCN(C(=O)c3cnn(C)c3)CC2)c(=O)n2nc(-c3cnn(CC(C)(C)O)c3)nc2n1CC(=O)Nc1ccc(C(F)(F)F)cc1Cl. The van der Waals surface area contributed by atoms with Gasteiger partial charge in [0, 0.05) is 45.6 Å². The molecule has 2 N–H and O–H groups in total. The second kappa shape index (κ2) is 13.5. The molecule has 1 aliphatic heterocycles. The molecule has 5 heterocycles. The first-order valence-electron chi connectivity index (χ1n) is 16.0. The van der Waals surface area contributed by atoms with E-state index in [1.807, 2.05) is 11.8 Å². The summed E-state index contributed by atoms with van der Waals surface area (Å²) >= 11 is 6.12. The number of carbonyl (C=O) groups excluding carboxylic acids is 2. The molecule has 4 aromatic heterocycles. The molecule has 1 aromatic carbocycles. The Balaban J connectivity index is 1.37. The second-order valence-corrected chi connectivity index (χ2v) is 13.3. The van der Waals surface area contributed by atoms with Crippen molar-refractivity contribution in [3.8, 4) is 11.4 Å². The van der Waals surface area contributed by atoms with Gasteiger partial charge < -0.3 is 24.8 Å². The van der Waals surface area contributed by atoms with Gasteiger partial charge in [0.05, 0.1) is 57.6 Å².